The van der Waals surface area contributed by atoms with Gasteiger partial charge in [0.1, 0.15) is 5.75 Å². The summed E-state index contributed by atoms with van der Waals surface area (Å²) in [5.74, 6) is 0.398. The zero-order valence-electron chi connectivity index (χ0n) is 8.99. The van der Waals surface area contributed by atoms with Gasteiger partial charge >= 0.3 is 0 Å². The maximum absolute atomic E-state index is 10.6. The lowest BCUT2D eigenvalue weighted by atomic mass is 10.1. The fourth-order valence-electron chi connectivity index (χ4n) is 1.26. The van der Waals surface area contributed by atoms with Gasteiger partial charge in [-0.25, -0.2) is 0 Å². The van der Waals surface area contributed by atoms with Crippen LogP contribution >= 0.6 is 0 Å². The third-order valence-corrected chi connectivity index (χ3v) is 1.98. The van der Waals surface area contributed by atoms with Crippen molar-refractivity contribution in [2.75, 3.05) is 6.61 Å². The fraction of sp³-hybridized carbons (Fsp3) is 0.250. The zero-order valence-corrected chi connectivity index (χ0v) is 8.99. The Balaban J connectivity index is 2.88. The number of ether oxygens (including phenoxy) is 1. The SMILES string of the molecule is CCOc1ccc(/C=C\C(N)=O)c(C)c1. The van der Waals surface area contributed by atoms with Crippen LogP contribution in [-0.2, 0) is 4.79 Å². The fourth-order valence-corrected chi connectivity index (χ4v) is 1.26. The first-order chi connectivity index (χ1) is 7.13. The molecule has 2 N–H and O–H groups in total. The van der Waals surface area contributed by atoms with Crippen molar-refractivity contribution in [1.82, 2.24) is 0 Å². The second-order valence-corrected chi connectivity index (χ2v) is 3.19. The highest BCUT2D eigenvalue weighted by Crippen LogP contribution is 2.18. The Bertz CT molecular complexity index is 383. The number of hydrogen-bond acceptors (Lipinski definition) is 2. The molecule has 0 aromatic heterocycles. The molecule has 0 unspecified atom stereocenters. The van der Waals surface area contributed by atoms with Crippen LogP contribution in [0.4, 0.5) is 0 Å². The van der Waals surface area contributed by atoms with Gasteiger partial charge in [0, 0.05) is 6.08 Å². The van der Waals surface area contributed by atoms with E-state index in [1.807, 2.05) is 32.0 Å². The lowest BCUT2D eigenvalue weighted by Crippen LogP contribution is -2.05. The summed E-state index contributed by atoms with van der Waals surface area (Å²) in [6.45, 7) is 4.55. The van der Waals surface area contributed by atoms with Crippen LogP contribution in [0.1, 0.15) is 18.1 Å². The van der Waals surface area contributed by atoms with E-state index in [1.54, 1.807) is 6.08 Å². The Hall–Kier alpha value is -1.77. The van der Waals surface area contributed by atoms with E-state index in [0.717, 1.165) is 16.9 Å². The van der Waals surface area contributed by atoms with Gasteiger partial charge in [0.15, 0.2) is 0 Å². The predicted octanol–water partition coefficient (Wildman–Crippen LogP) is 1.89. The van der Waals surface area contributed by atoms with E-state index < -0.39 is 5.91 Å². The van der Waals surface area contributed by atoms with Gasteiger partial charge in [0.05, 0.1) is 6.61 Å². The van der Waals surface area contributed by atoms with Crippen molar-refractivity contribution in [1.29, 1.82) is 0 Å². The Morgan fingerprint density at radius 3 is 2.80 bits per heavy atom. The average Bonchev–Trinajstić information content (AvgIpc) is 2.17. The third kappa shape index (κ3) is 3.46. The molecule has 0 radical (unpaired) electrons. The largest absolute Gasteiger partial charge is 0.494 e. The smallest absolute Gasteiger partial charge is 0.241 e. The molecule has 0 saturated heterocycles. The minimum Gasteiger partial charge on any atom is -0.494 e. The van der Waals surface area contributed by atoms with Crippen molar-refractivity contribution in [3.63, 3.8) is 0 Å². The highest BCUT2D eigenvalue weighted by atomic mass is 16.5. The van der Waals surface area contributed by atoms with Crippen LogP contribution in [0, 0.1) is 6.92 Å². The quantitative estimate of drug-likeness (QED) is 0.763. The first-order valence-corrected chi connectivity index (χ1v) is 4.84. The van der Waals surface area contributed by atoms with Crippen molar-refractivity contribution in [2.24, 2.45) is 5.73 Å². The van der Waals surface area contributed by atoms with Gasteiger partial charge in [-0.3, -0.25) is 4.79 Å². The summed E-state index contributed by atoms with van der Waals surface area (Å²) in [5.41, 5.74) is 7.04. The van der Waals surface area contributed by atoms with E-state index in [1.165, 1.54) is 6.08 Å². The summed E-state index contributed by atoms with van der Waals surface area (Å²) < 4.78 is 5.35. The lowest BCUT2D eigenvalue weighted by Gasteiger charge is -2.05. The first kappa shape index (κ1) is 11.3. The Labute approximate surface area is 89.5 Å². The molecule has 0 fully saturated rings. The van der Waals surface area contributed by atoms with E-state index in [4.69, 9.17) is 10.5 Å². The third-order valence-electron chi connectivity index (χ3n) is 1.98. The van der Waals surface area contributed by atoms with E-state index in [2.05, 4.69) is 0 Å². The topological polar surface area (TPSA) is 52.3 Å². The predicted molar refractivity (Wildman–Crippen MR) is 60.6 cm³/mol. The number of amides is 1. The number of nitrogens with two attached hydrogens (primary N) is 1. The zero-order chi connectivity index (χ0) is 11.3. The van der Waals surface area contributed by atoms with Crippen molar-refractivity contribution in [3.8, 4) is 5.75 Å². The molecule has 15 heavy (non-hydrogen) atoms. The van der Waals surface area contributed by atoms with Gasteiger partial charge < -0.3 is 10.5 Å². The summed E-state index contributed by atoms with van der Waals surface area (Å²) in [6.07, 6.45) is 3.05. The van der Waals surface area contributed by atoms with Gasteiger partial charge in [-0.1, -0.05) is 6.07 Å². The van der Waals surface area contributed by atoms with Crippen LogP contribution in [-0.4, -0.2) is 12.5 Å². The van der Waals surface area contributed by atoms with Crippen LogP contribution in [0.2, 0.25) is 0 Å². The number of rotatable bonds is 4. The molecule has 0 heterocycles. The molecule has 1 amide bonds. The number of aryl methyl sites for hydroxylation is 1. The van der Waals surface area contributed by atoms with Crippen molar-refractivity contribution in [3.05, 3.63) is 35.4 Å². The van der Waals surface area contributed by atoms with Crippen molar-refractivity contribution >= 4 is 12.0 Å². The van der Waals surface area contributed by atoms with Crippen molar-refractivity contribution in [2.45, 2.75) is 13.8 Å². The van der Waals surface area contributed by atoms with Crippen LogP contribution in [0.5, 0.6) is 5.75 Å². The summed E-state index contributed by atoms with van der Waals surface area (Å²) in [4.78, 5) is 10.6. The molecule has 0 spiro atoms. The molecule has 1 rings (SSSR count). The van der Waals surface area contributed by atoms with Crippen LogP contribution in [0.3, 0.4) is 0 Å². The van der Waals surface area contributed by atoms with Gasteiger partial charge in [-0.2, -0.15) is 0 Å². The highest BCUT2D eigenvalue weighted by molar-refractivity contribution is 5.90. The molecule has 1 aromatic rings. The molecule has 0 saturated carbocycles. The molecule has 0 aliphatic heterocycles. The Morgan fingerprint density at radius 2 is 2.27 bits per heavy atom. The average molecular weight is 205 g/mol. The van der Waals surface area contributed by atoms with Crippen LogP contribution < -0.4 is 10.5 Å². The monoisotopic (exact) mass is 205 g/mol. The standard InChI is InChI=1S/C12H15NO2/c1-3-15-11-6-4-10(9(2)8-11)5-7-12(13)14/h4-8H,3H2,1-2H3,(H2,13,14)/b7-5-. The first-order valence-electron chi connectivity index (χ1n) is 4.84. The van der Waals surface area contributed by atoms with E-state index in [-0.39, 0.29) is 0 Å². The molecular weight excluding hydrogens is 190 g/mol. The van der Waals surface area contributed by atoms with E-state index >= 15 is 0 Å². The maximum atomic E-state index is 10.6. The van der Waals surface area contributed by atoms with E-state index in [9.17, 15) is 4.79 Å². The van der Waals surface area contributed by atoms with Gasteiger partial charge in [-0.05, 0) is 43.2 Å². The van der Waals surface area contributed by atoms with Crippen molar-refractivity contribution < 1.29 is 9.53 Å². The molecule has 1 aromatic carbocycles. The minimum atomic E-state index is -0.441. The minimum absolute atomic E-state index is 0.441. The molecule has 0 atom stereocenters. The maximum Gasteiger partial charge on any atom is 0.241 e. The Kier molecular flexibility index (Phi) is 3.92. The Morgan fingerprint density at radius 1 is 1.53 bits per heavy atom. The summed E-state index contributed by atoms with van der Waals surface area (Å²) in [6, 6.07) is 5.71. The number of benzene rings is 1. The van der Waals surface area contributed by atoms with Gasteiger partial charge in [-0.15, -0.1) is 0 Å². The molecule has 80 valence electrons. The lowest BCUT2D eigenvalue weighted by molar-refractivity contribution is -0.113. The summed E-state index contributed by atoms with van der Waals surface area (Å²) in [5, 5.41) is 0. The second kappa shape index (κ2) is 5.20. The van der Waals surface area contributed by atoms with Gasteiger partial charge in [0.2, 0.25) is 5.91 Å². The molecule has 0 aliphatic rings. The van der Waals surface area contributed by atoms with Crippen LogP contribution in [0.15, 0.2) is 24.3 Å². The summed E-state index contributed by atoms with van der Waals surface area (Å²) in [7, 11) is 0. The van der Waals surface area contributed by atoms with Gasteiger partial charge in [0.25, 0.3) is 0 Å². The normalized spacial score (nSPS) is 10.5. The molecule has 3 nitrogen and oxygen atoms in total. The van der Waals surface area contributed by atoms with E-state index in [0.29, 0.717) is 6.61 Å². The highest BCUT2D eigenvalue weighted by Gasteiger charge is 1.97. The molecule has 3 heteroatoms. The van der Waals surface area contributed by atoms with Crippen LogP contribution in [0.25, 0.3) is 6.08 Å². The number of carbonyl (C=O) groups excluding carboxylic acids is 1. The number of carbonyl (C=O) groups is 1. The molecular formula is C12H15NO2. The second-order valence-electron chi connectivity index (χ2n) is 3.19. The number of hydrogen-bond donors (Lipinski definition) is 1. The molecule has 0 bridgehead atoms. The summed E-state index contributed by atoms with van der Waals surface area (Å²) >= 11 is 0. The number of primary amides is 1. The molecule has 0 aliphatic carbocycles.